The molecule has 0 amide bonds. The van der Waals surface area contributed by atoms with Crippen LogP contribution in [0.3, 0.4) is 0 Å². The highest BCUT2D eigenvalue weighted by Crippen LogP contribution is 1.90. The number of aliphatic hydroxyl groups excluding tert-OH is 2. The molecule has 0 saturated heterocycles. The molecular weight excluding hydrogens is 210 g/mol. The molecule has 0 fully saturated rings. The van der Waals surface area contributed by atoms with E-state index >= 15 is 0 Å². The molecule has 5 heteroatoms. The second-order valence-electron chi connectivity index (χ2n) is 3.87. The summed E-state index contributed by atoms with van der Waals surface area (Å²) in [5.74, 6) is 0.214. The molecule has 2 unspecified atom stereocenters. The zero-order valence-corrected chi connectivity index (χ0v) is 10.3. The van der Waals surface area contributed by atoms with Crippen molar-refractivity contribution in [3.63, 3.8) is 0 Å². The average Bonchev–Trinajstić information content (AvgIpc) is 2.28. The summed E-state index contributed by atoms with van der Waals surface area (Å²) in [4.78, 5) is 0. The molecule has 98 valence electrons. The zero-order chi connectivity index (χ0) is 12.2. The van der Waals surface area contributed by atoms with E-state index in [1.165, 1.54) is 0 Å². The van der Waals surface area contributed by atoms with Gasteiger partial charge in [-0.15, -0.1) is 0 Å². The number of rotatable bonds is 11. The van der Waals surface area contributed by atoms with Gasteiger partial charge in [-0.1, -0.05) is 6.92 Å². The fourth-order valence-corrected chi connectivity index (χ4v) is 1.10. The van der Waals surface area contributed by atoms with E-state index in [0.717, 1.165) is 0 Å². The largest absolute Gasteiger partial charge is 0.396 e. The van der Waals surface area contributed by atoms with Gasteiger partial charge in [0.1, 0.15) is 0 Å². The van der Waals surface area contributed by atoms with Crippen molar-refractivity contribution < 1.29 is 19.7 Å². The van der Waals surface area contributed by atoms with Gasteiger partial charge in [0, 0.05) is 19.8 Å². The molecule has 0 aromatic carbocycles. The summed E-state index contributed by atoms with van der Waals surface area (Å²) in [5, 5.41) is 21.3. The highest BCUT2D eigenvalue weighted by molar-refractivity contribution is 4.61. The van der Waals surface area contributed by atoms with Gasteiger partial charge in [-0.05, 0) is 19.4 Å². The molecule has 0 aliphatic carbocycles. The smallest absolute Gasteiger partial charge is 0.0897 e. The molecule has 16 heavy (non-hydrogen) atoms. The fraction of sp³-hybridized carbons (Fsp3) is 1.00. The van der Waals surface area contributed by atoms with Crippen LogP contribution in [0.2, 0.25) is 0 Å². The maximum Gasteiger partial charge on any atom is 0.0897 e. The number of hydrogen-bond acceptors (Lipinski definition) is 5. The van der Waals surface area contributed by atoms with Crippen LogP contribution in [0.5, 0.6) is 0 Å². The van der Waals surface area contributed by atoms with Crippen molar-refractivity contribution in [2.75, 3.05) is 46.1 Å². The van der Waals surface area contributed by atoms with Crippen LogP contribution < -0.4 is 5.32 Å². The molecule has 0 aromatic heterocycles. The molecule has 3 N–H and O–H groups in total. The second kappa shape index (κ2) is 11.3. The fourth-order valence-electron chi connectivity index (χ4n) is 1.10. The van der Waals surface area contributed by atoms with E-state index in [1.807, 2.05) is 13.8 Å². The molecule has 0 rings (SSSR count). The van der Waals surface area contributed by atoms with Gasteiger partial charge in [0.2, 0.25) is 0 Å². The van der Waals surface area contributed by atoms with E-state index in [9.17, 15) is 5.11 Å². The maximum absolute atomic E-state index is 9.50. The van der Waals surface area contributed by atoms with Crippen LogP contribution in [0.15, 0.2) is 0 Å². The van der Waals surface area contributed by atoms with Gasteiger partial charge in [-0.25, -0.2) is 0 Å². The normalized spacial score (nSPS) is 15.0. The number of aliphatic hydroxyl groups is 2. The lowest BCUT2D eigenvalue weighted by atomic mass is 10.2. The number of nitrogens with one attached hydrogen (secondary N) is 1. The van der Waals surface area contributed by atoms with Crippen molar-refractivity contribution in [1.82, 2.24) is 5.32 Å². The van der Waals surface area contributed by atoms with Crippen LogP contribution in [-0.4, -0.2) is 62.4 Å². The minimum absolute atomic E-state index is 0.161. The zero-order valence-electron chi connectivity index (χ0n) is 10.3. The first-order chi connectivity index (χ1) is 7.70. The van der Waals surface area contributed by atoms with Crippen LogP contribution in [0.4, 0.5) is 0 Å². The Balaban J connectivity index is 3.21. The molecule has 0 radical (unpaired) electrons. The Morgan fingerprint density at radius 2 is 1.88 bits per heavy atom. The molecule has 5 nitrogen and oxygen atoms in total. The summed E-state index contributed by atoms with van der Waals surface area (Å²) in [6, 6.07) is 0. The predicted molar refractivity (Wildman–Crippen MR) is 62.4 cm³/mol. The third-order valence-electron chi connectivity index (χ3n) is 2.07. The van der Waals surface area contributed by atoms with Crippen molar-refractivity contribution in [2.45, 2.75) is 20.0 Å². The highest BCUT2D eigenvalue weighted by Gasteiger charge is 2.05. The molecule has 0 aliphatic rings. The summed E-state index contributed by atoms with van der Waals surface area (Å²) in [7, 11) is 0. The second-order valence-corrected chi connectivity index (χ2v) is 3.87. The van der Waals surface area contributed by atoms with Crippen LogP contribution in [0, 0.1) is 5.92 Å². The van der Waals surface area contributed by atoms with Gasteiger partial charge >= 0.3 is 0 Å². The van der Waals surface area contributed by atoms with Crippen LogP contribution >= 0.6 is 0 Å². The standard InChI is InChI=1S/C11H25NO4/c1-3-15-4-5-16-9-11(14)7-12-6-10(2)8-13/h10-14H,3-9H2,1-2H3. The van der Waals surface area contributed by atoms with Gasteiger partial charge in [-0.3, -0.25) is 0 Å². The Bertz CT molecular complexity index is 146. The number of hydrogen-bond donors (Lipinski definition) is 3. The van der Waals surface area contributed by atoms with Gasteiger partial charge in [0.05, 0.1) is 25.9 Å². The number of ether oxygens (including phenoxy) is 2. The summed E-state index contributed by atoms with van der Waals surface area (Å²) >= 11 is 0. The Kier molecular flexibility index (Phi) is 11.1. The van der Waals surface area contributed by atoms with E-state index in [2.05, 4.69) is 5.32 Å². The van der Waals surface area contributed by atoms with E-state index < -0.39 is 6.10 Å². The summed E-state index contributed by atoms with van der Waals surface area (Å²) in [5.41, 5.74) is 0. The van der Waals surface area contributed by atoms with Gasteiger partial charge in [0.15, 0.2) is 0 Å². The van der Waals surface area contributed by atoms with Crippen molar-refractivity contribution in [3.8, 4) is 0 Å². The first-order valence-corrected chi connectivity index (χ1v) is 5.85. The topological polar surface area (TPSA) is 71.0 Å². The first-order valence-electron chi connectivity index (χ1n) is 5.85. The SMILES string of the molecule is CCOCCOCC(O)CNCC(C)CO. The molecule has 0 aromatic rings. The van der Waals surface area contributed by atoms with E-state index in [4.69, 9.17) is 14.6 Å². The van der Waals surface area contributed by atoms with E-state index in [0.29, 0.717) is 39.5 Å². The Labute approximate surface area is 97.8 Å². The van der Waals surface area contributed by atoms with E-state index in [1.54, 1.807) is 0 Å². The molecule has 0 bridgehead atoms. The molecule has 0 heterocycles. The van der Waals surface area contributed by atoms with Crippen LogP contribution in [-0.2, 0) is 9.47 Å². The summed E-state index contributed by atoms with van der Waals surface area (Å²) in [6.07, 6.45) is -0.507. The lowest BCUT2D eigenvalue weighted by molar-refractivity contribution is 0.00619. The van der Waals surface area contributed by atoms with Gasteiger partial charge in [0.25, 0.3) is 0 Å². The minimum Gasteiger partial charge on any atom is -0.396 e. The predicted octanol–water partition coefficient (Wildman–Crippen LogP) is -0.382. The third kappa shape index (κ3) is 10.3. The monoisotopic (exact) mass is 235 g/mol. The third-order valence-corrected chi connectivity index (χ3v) is 2.07. The lowest BCUT2D eigenvalue weighted by Gasteiger charge is -2.14. The van der Waals surface area contributed by atoms with Crippen molar-refractivity contribution in [3.05, 3.63) is 0 Å². The Morgan fingerprint density at radius 1 is 1.19 bits per heavy atom. The van der Waals surface area contributed by atoms with Crippen molar-refractivity contribution in [1.29, 1.82) is 0 Å². The quantitative estimate of drug-likeness (QED) is 0.426. The molecule has 2 atom stereocenters. The average molecular weight is 235 g/mol. The highest BCUT2D eigenvalue weighted by atomic mass is 16.5. The lowest BCUT2D eigenvalue weighted by Crippen LogP contribution is -2.34. The minimum atomic E-state index is -0.507. The summed E-state index contributed by atoms with van der Waals surface area (Å²) < 4.78 is 10.3. The maximum atomic E-state index is 9.50. The Morgan fingerprint density at radius 3 is 2.50 bits per heavy atom. The molecule has 0 spiro atoms. The van der Waals surface area contributed by atoms with E-state index in [-0.39, 0.29) is 12.5 Å². The molecule has 0 saturated carbocycles. The molecule has 0 aliphatic heterocycles. The molecular formula is C11H25NO4. The first kappa shape index (κ1) is 15.8. The van der Waals surface area contributed by atoms with Crippen LogP contribution in [0.1, 0.15) is 13.8 Å². The van der Waals surface area contributed by atoms with Gasteiger partial charge < -0.3 is 25.0 Å². The van der Waals surface area contributed by atoms with Crippen LogP contribution in [0.25, 0.3) is 0 Å². The Hall–Kier alpha value is -0.200. The summed E-state index contributed by atoms with van der Waals surface area (Å²) in [6.45, 7) is 7.30. The van der Waals surface area contributed by atoms with Gasteiger partial charge in [-0.2, -0.15) is 0 Å². The van der Waals surface area contributed by atoms with Crippen molar-refractivity contribution >= 4 is 0 Å². The van der Waals surface area contributed by atoms with Crippen molar-refractivity contribution in [2.24, 2.45) is 5.92 Å².